The fourth-order valence-corrected chi connectivity index (χ4v) is 3.05. The summed E-state index contributed by atoms with van der Waals surface area (Å²) in [6.07, 6.45) is 1.72. The van der Waals surface area contributed by atoms with E-state index in [1.807, 2.05) is 32.0 Å². The zero-order valence-corrected chi connectivity index (χ0v) is 16.1. The van der Waals surface area contributed by atoms with Crippen LogP contribution >= 0.6 is 0 Å². The number of carbonyl (C=O) groups is 2. The van der Waals surface area contributed by atoms with E-state index >= 15 is 0 Å². The van der Waals surface area contributed by atoms with Gasteiger partial charge < -0.3 is 10.2 Å². The number of hydrogen-bond acceptors (Lipinski definition) is 2. The van der Waals surface area contributed by atoms with Gasteiger partial charge in [0, 0.05) is 29.9 Å². The summed E-state index contributed by atoms with van der Waals surface area (Å²) >= 11 is 0. The molecule has 0 bridgehead atoms. The van der Waals surface area contributed by atoms with Gasteiger partial charge in [0.1, 0.15) is 0 Å². The molecule has 1 N–H and O–H groups in total. The Morgan fingerprint density at radius 1 is 0.808 bits per heavy atom. The number of carbonyl (C=O) groups excluding carboxylic acids is 2. The Labute approximate surface area is 156 Å². The maximum atomic E-state index is 12.7. The Balaban J connectivity index is 2.20. The largest absolute Gasteiger partial charge is 0.339 e. The first-order valence-electron chi connectivity index (χ1n) is 9.37. The summed E-state index contributed by atoms with van der Waals surface area (Å²) in [5.41, 5.74) is 4.32. The molecular formula is C22H28N2O2. The van der Waals surface area contributed by atoms with Crippen molar-refractivity contribution < 1.29 is 9.59 Å². The summed E-state index contributed by atoms with van der Waals surface area (Å²) < 4.78 is 0. The summed E-state index contributed by atoms with van der Waals surface area (Å²) in [6, 6.07) is 13.0. The average Bonchev–Trinajstić information content (AvgIpc) is 2.69. The van der Waals surface area contributed by atoms with Gasteiger partial charge in [0.05, 0.1) is 0 Å². The number of amides is 2. The van der Waals surface area contributed by atoms with Crippen molar-refractivity contribution in [2.45, 2.75) is 40.5 Å². The Bertz CT molecular complexity index is 740. The second-order valence-corrected chi connectivity index (χ2v) is 6.17. The van der Waals surface area contributed by atoms with Crippen LogP contribution in [0.5, 0.6) is 0 Å². The Morgan fingerprint density at radius 2 is 1.31 bits per heavy atom. The van der Waals surface area contributed by atoms with Gasteiger partial charge in [-0.2, -0.15) is 0 Å². The van der Waals surface area contributed by atoms with Crippen LogP contribution in [0, 0.1) is 0 Å². The van der Waals surface area contributed by atoms with Crippen LogP contribution in [0.15, 0.2) is 42.5 Å². The van der Waals surface area contributed by atoms with Gasteiger partial charge >= 0.3 is 0 Å². The van der Waals surface area contributed by atoms with Crippen LogP contribution in [0.25, 0.3) is 0 Å². The third kappa shape index (κ3) is 4.31. The molecule has 0 heterocycles. The van der Waals surface area contributed by atoms with E-state index in [1.54, 1.807) is 29.2 Å². The Hall–Kier alpha value is -2.62. The highest BCUT2D eigenvalue weighted by molar-refractivity contribution is 6.05. The molecule has 0 saturated heterocycles. The molecule has 0 aromatic heterocycles. The zero-order chi connectivity index (χ0) is 19.1. The highest BCUT2D eigenvalue weighted by atomic mass is 16.2. The van der Waals surface area contributed by atoms with Crippen molar-refractivity contribution in [1.82, 2.24) is 4.90 Å². The molecule has 26 heavy (non-hydrogen) atoms. The zero-order valence-electron chi connectivity index (χ0n) is 16.1. The van der Waals surface area contributed by atoms with E-state index in [4.69, 9.17) is 0 Å². The minimum atomic E-state index is -0.151. The van der Waals surface area contributed by atoms with Gasteiger partial charge in [-0.1, -0.05) is 32.0 Å². The van der Waals surface area contributed by atoms with Gasteiger partial charge in [-0.05, 0) is 62.1 Å². The number of anilines is 1. The standard InChI is InChI=1S/C22H28N2O2/c1-5-16-10-9-11-17(6-2)20(16)23-21(25)18-12-14-19(15-13-18)22(26)24(7-3)8-4/h9-15H,5-8H2,1-4H3,(H,23,25). The lowest BCUT2D eigenvalue weighted by Crippen LogP contribution is -2.30. The molecule has 2 aromatic rings. The van der Waals surface area contributed by atoms with Crippen molar-refractivity contribution in [3.05, 3.63) is 64.7 Å². The number of aryl methyl sites for hydroxylation is 2. The Morgan fingerprint density at radius 3 is 1.77 bits per heavy atom. The van der Waals surface area contributed by atoms with Crippen LogP contribution in [0.1, 0.15) is 59.5 Å². The predicted molar refractivity (Wildman–Crippen MR) is 107 cm³/mol. The number of nitrogens with one attached hydrogen (secondary N) is 1. The minimum Gasteiger partial charge on any atom is -0.339 e. The Kier molecular flexibility index (Phi) is 6.96. The van der Waals surface area contributed by atoms with Crippen LogP contribution in [0.3, 0.4) is 0 Å². The predicted octanol–water partition coefficient (Wildman–Crippen LogP) is 4.55. The van der Waals surface area contributed by atoms with Gasteiger partial charge in [-0.3, -0.25) is 9.59 Å². The van der Waals surface area contributed by atoms with Gasteiger partial charge in [-0.15, -0.1) is 0 Å². The smallest absolute Gasteiger partial charge is 0.255 e. The molecule has 2 amide bonds. The van der Waals surface area contributed by atoms with E-state index in [1.165, 1.54) is 0 Å². The molecule has 0 aliphatic heterocycles. The van der Waals surface area contributed by atoms with E-state index < -0.39 is 0 Å². The summed E-state index contributed by atoms with van der Waals surface area (Å²) in [7, 11) is 0. The molecule has 0 fully saturated rings. The van der Waals surface area contributed by atoms with Gasteiger partial charge in [0.2, 0.25) is 0 Å². The van der Waals surface area contributed by atoms with E-state index in [2.05, 4.69) is 19.2 Å². The molecule has 0 aliphatic carbocycles. The van der Waals surface area contributed by atoms with Crippen LogP contribution < -0.4 is 5.32 Å². The summed E-state index contributed by atoms with van der Waals surface area (Å²) in [4.78, 5) is 26.8. The fraction of sp³-hybridized carbons (Fsp3) is 0.364. The third-order valence-corrected chi connectivity index (χ3v) is 4.68. The summed E-state index contributed by atoms with van der Waals surface area (Å²) in [6.45, 7) is 9.42. The first kappa shape index (κ1) is 19.7. The molecule has 2 rings (SSSR count). The van der Waals surface area contributed by atoms with E-state index in [9.17, 15) is 9.59 Å². The molecule has 138 valence electrons. The first-order chi connectivity index (χ1) is 12.5. The summed E-state index contributed by atoms with van der Waals surface area (Å²) in [5.74, 6) is -0.158. The number of para-hydroxylation sites is 1. The van der Waals surface area contributed by atoms with Gasteiger partial charge in [0.25, 0.3) is 11.8 Å². The highest BCUT2D eigenvalue weighted by Gasteiger charge is 2.15. The molecule has 0 unspecified atom stereocenters. The molecule has 0 spiro atoms. The molecule has 4 heteroatoms. The molecule has 0 aliphatic rings. The second-order valence-electron chi connectivity index (χ2n) is 6.17. The molecule has 0 saturated carbocycles. The monoisotopic (exact) mass is 352 g/mol. The molecular weight excluding hydrogens is 324 g/mol. The molecule has 2 aromatic carbocycles. The van der Waals surface area contributed by atoms with Crippen molar-refractivity contribution in [2.24, 2.45) is 0 Å². The van der Waals surface area contributed by atoms with Crippen LogP contribution in [0.4, 0.5) is 5.69 Å². The van der Waals surface area contributed by atoms with E-state index in [0.29, 0.717) is 24.2 Å². The van der Waals surface area contributed by atoms with Gasteiger partial charge in [0.15, 0.2) is 0 Å². The number of hydrogen-bond donors (Lipinski definition) is 1. The van der Waals surface area contributed by atoms with Crippen molar-refractivity contribution in [3.8, 4) is 0 Å². The highest BCUT2D eigenvalue weighted by Crippen LogP contribution is 2.23. The maximum absolute atomic E-state index is 12.7. The second kappa shape index (κ2) is 9.18. The van der Waals surface area contributed by atoms with Crippen molar-refractivity contribution in [3.63, 3.8) is 0 Å². The number of rotatable bonds is 7. The van der Waals surface area contributed by atoms with E-state index in [0.717, 1.165) is 29.7 Å². The topological polar surface area (TPSA) is 49.4 Å². The fourth-order valence-electron chi connectivity index (χ4n) is 3.05. The lowest BCUT2D eigenvalue weighted by atomic mass is 10.0. The quantitative estimate of drug-likeness (QED) is 0.795. The average molecular weight is 352 g/mol. The van der Waals surface area contributed by atoms with Crippen LogP contribution in [-0.2, 0) is 12.8 Å². The summed E-state index contributed by atoms with van der Waals surface area (Å²) in [5, 5.41) is 3.06. The number of nitrogens with zero attached hydrogens (tertiary/aromatic N) is 1. The third-order valence-electron chi connectivity index (χ3n) is 4.68. The first-order valence-corrected chi connectivity index (χ1v) is 9.37. The molecule has 0 atom stereocenters. The minimum absolute atomic E-state index is 0.00782. The van der Waals surface area contributed by atoms with Gasteiger partial charge in [-0.25, -0.2) is 0 Å². The van der Waals surface area contributed by atoms with Crippen molar-refractivity contribution >= 4 is 17.5 Å². The van der Waals surface area contributed by atoms with Crippen molar-refractivity contribution in [1.29, 1.82) is 0 Å². The van der Waals surface area contributed by atoms with Crippen LogP contribution in [-0.4, -0.2) is 29.8 Å². The van der Waals surface area contributed by atoms with Crippen molar-refractivity contribution in [2.75, 3.05) is 18.4 Å². The SMILES string of the molecule is CCc1cccc(CC)c1NC(=O)c1ccc(C(=O)N(CC)CC)cc1. The molecule has 4 nitrogen and oxygen atoms in total. The number of benzene rings is 2. The van der Waals surface area contributed by atoms with Crippen LogP contribution in [0.2, 0.25) is 0 Å². The normalized spacial score (nSPS) is 10.5. The molecule has 0 radical (unpaired) electrons. The maximum Gasteiger partial charge on any atom is 0.255 e. The lowest BCUT2D eigenvalue weighted by Gasteiger charge is -2.18. The lowest BCUT2D eigenvalue weighted by molar-refractivity contribution is 0.0772. The van der Waals surface area contributed by atoms with E-state index in [-0.39, 0.29) is 11.8 Å².